The molecule has 1 fully saturated rings. The van der Waals surface area contributed by atoms with E-state index in [-0.39, 0.29) is 5.95 Å². The highest BCUT2D eigenvalue weighted by Gasteiger charge is 2.32. The molecule has 0 amide bonds. The Balaban J connectivity index is 1.72. The Morgan fingerprint density at radius 2 is 1.92 bits per heavy atom. The first-order chi connectivity index (χ1) is 11.4. The number of hydrogen-bond acceptors (Lipinski definition) is 5. The van der Waals surface area contributed by atoms with E-state index in [4.69, 9.17) is 0 Å². The van der Waals surface area contributed by atoms with Crippen molar-refractivity contribution in [3.8, 4) is 0 Å². The average Bonchev–Trinajstić information content (AvgIpc) is 3.06. The third-order valence-corrected chi connectivity index (χ3v) is 3.83. The number of alkyl halides is 3. The normalized spacial score (nSPS) is 14.9. The van der Waals surface area contributed by atoms with Crippen LogP contribution in [-0.4, -0.2) is 28.0 Å². The van der Waals surface area contributed by atoms with Crippen LogP contribution < -0.4 is 10.2 Å². The molecule has 3 rings (SSSR count). The molecule has 1 aliphatic rings. The fraction of sp³-hybridized carbons (Fsp3) is 0.438. The Bertz CT molecular complexity index is 711. The van der Waals surface area contributed by atoms with Gasteiger partial charge in [-0.2, -0.15) is 13.2 Å². The highest BCUT2D eigenvalue weighted by Crippen LogP contribution is 2.27. The van der Waals surface area contributed by atoms with E-state index in [0.29, 0.717) is 6.54 Å². The number of hydrogen-bond donors (Lipinski definition) is 1. The zero-order valence-electron chi connectivity index (χ0n) is 13.3. The Labute approximate surface area is 138 Å². The van der Waals surface area contributed by atoms with Gasteiger partial charge in [0, 0.05) is 31.5 Å². The Kier molecular flexibility index (Phi) is 4.55. The quantitative estimate of drug-likeness (QED) is 0.926. The van der Waals surface area contributed by atoms with Crippen molar-refractivity contribution in [3.63, 3.8) is 0 Å². The maximum Gasteiger partial charge on any atom is 0.433 e. The van der Waals surface area contributed by atoms with Crippen LogP contribution in [0.25, 0.3) is 0 Å². The molecule has 0 aromatic carbocycles. The molecule has 0 unspecified atom stereocenters. The smallest absolute Gasteiger partial charge is 0.357 e. The molecule has 128 valence electrons. The number of halogens is 3. The van der Waals surface area contributed by atoms with Crippen molar-refractivity contribution in [1.29, 1.82) is 0 Å². The van der Waals surface area contributed by atoms with Crippen molar-refractivity contribution in [1.82, 2.24) is 15.0 Å². The van der Waals surface area contributed by atoms with Gasteiger partial charge in [0.05, 0.1) is 0 Å². The molecule has 1 aliphatic heterocycles. The van der Waals surface area contributed by atoms with Crippen LogP contribution in [0.3, 0.4) is 0 Å². The van der Waals surface area contributed by atoms with Gasteiger partial charge in [0.15, 0.2) is 0 Å². The minimum atomic E-state index is -4.48. The molecule has 24 heavy (non-hydrogen) atoms. The van der Waals surface area contributed by atoms with E-state index in [1.807, 2.05) is 19.1 Å². The molecular weight excluding hydrogens is 319 g/mol. The predicted octanol–water partition coefficient (Wildman–Crippen LogP) is 3.41. The number of aryl methyl sites for hydroxylation is 1. The van der Waals surface area contributed by atoms with Crippen molar-refractivity contribution in [3.05, 3.63) is 41.3 Å². The highest BCUT2D eigenvalue weighted by atomic mass is 19.4. The van der Waals surface area contributed by atoms with Gasteiger partial charge in [-0.3, -0.25) is 0 Å². The number of aromatic nitrogens is 3. The number of anilines is 2. The third-order valence-electron chi connectivity index (χ3n) is 3.83. The average molecular weight is 337 g/mol. The minimum absolute atomic E-state index is 0.0398. The number of pyridine rings is 1. The summed E-state index contributed by atoms with van der Waals surface area (Å²) in [6.07, 6.45) is -1.07. The summed E-state index contributed by atoms with van der Waals surface area (Å²) in [5, 5.41) is 2.85. The van der Waals surface area contributed by atoms with E-state index in [0.717, 1.165) is 55.3 Å². The minimum Gasteiger partial charge on any atom is -0.357 e. The van der Waals surface area contributed by atoms with E-state index < -0.39 is 11.9 Å². The van der Waals surface area contributed by atoms with Crippen molar-refractivity contribution in [2.24, 2.45) is 0 Å². The lowest BCUT2D eigenvalue weighted by Gasteiger charge is -2.18. The van der Waals surface area contributed by atoms with Crippen molar-refractivity contribution < 1.29 is 13.2 Å². The molecule has 0 bridgehead atoms. The maximum absolute atomic E-state index is 12.7. The largest absolute Gasteiger partial charge is 0.433 e. The summed E-state index contributed by atoms with van der Waals surface area (Å²) in [6, 6.07) is 4.71. The molecule has 0 atom stereocenters. The summed E-state index contributed by atoms with van der Waals surface area (Å²) in [4.78, 5) is 14.1. The molecule has 8 heteroatoms. The molecule has 0 spiro atoms. The molecule has 0 aliphatic carbocycles. The fourth-order valence-electron chi connectivity index (χ4n) is 2.71. The summed E-state index contributed by atoms with van der Waals surface area (Å²) in [5.74, 6) is 0.872. The molecular formula is C16H18F3N5. The highest BCUT2D eigenvalue weighted by molar-refractivity contribution is 5.44. The fourth-order valence-corrected chi connectivity index (χ4v) is 2.71. The van der Waals surface area contributed by atoms with Crippen molar-refractivity contribution >= 4 is 11.8 Å². The van der Waals surface area contributed by atoms with Crippen LogP contribution in [-0.2, 0) is 12.7 Å². The van der Waals surface area contributed by atoms with Gasteiger partial charge in [-0.15, -0.1) is 0 Å². The first-order valence-corrected chi connectivity index (χ1v) is 7.78. The van der Waals surface area contributed by atoms with Crippen LogP contribution in [0.5, 0.6) is 0 Å². The molecule has 2 aromatic heterocycles. The molecule has 5 nitrogen and oxygen atoms in total. The van der Waals surface area contributed by atoms with E-state index in [9.17, 15) is 13.2 Å². The molecule has 0 radical (unpaired) electrons. The van der Waals surface area contributed by atoms with Gasteiger partial charge in [0.1, 0.15) is 11.5 Å². The summed E-state index contributed by atoms with van der Waals surface area (Å²) in [5.41, 5.74) is 0.857. The molecule has 1 N–H and O–H groups in total. The standard InChI is InChI=1S/C16H18F3N5/c1-11-8-12(9-14(22-11)24-6-2-3-7-24)10-21-15-20-5-4-13(23-15)16(17,18)19/h4-5,8-9H,2-3,6-7,10H2,1H3,(H,20,21,23). The zero-order valence-corrected chi connectivity index (χ0v) is 13.3. The lowest BCUT2D eigenvalue weighted by atomic mass is 10.2. The van der Waals surface area contributed by atoms with Gasteiger partial charge < -0.3 is 10.2 Å². The predicted molar refractivity (Wildman–Crippen MR) is 84.8 cm³/mol. The van der Waals surface area contributed by atoms with Crippen LogP contribution in [0.2, 0.25) is 0 Å². The molecule has 0 saturated carbocycles. The van der Waals surface area contributed by atoms with Crippen molar-refractivity contribution in [2.45, 2.75) is 32.5 Å². The van der Waals surface area contributed by atoms with Crippen LogP contribution in [0.1, 0.15) is 29.8 Å². The topological polar surface area (TPSA) is 53.9 Å². The SMILES string of the molecule is Cc1cc(CNc2nccc(C(F)(F)F)n2)cc(N2CCCC2)n1. The van der Waals surface area contributed by atoms with Gasteiger partial charge in [-0.1, -0.05) is 0 Å². The van der Waals surface area contributed by atoms with Crippen molar-refractivity contribution in [2.75, 3.05) is 23.3 Å². The molecule has 2 aromatic rings. The summed E-state index contributed by atoms with van der Waals surface area (Å²) in [6.45, 7) is 4.22. The van der Waals surface area contributed by atoms with E-state index in [1.54, 1.807) is 0 Å². The van der Waals surface area contributed by atoms with E-state index in [1.165, 1.54) is 0 Å². The number of rotatable bonds is 4. The number of nitrogens with one attached hydrogen (secondary N) is 1. The summed E-state index contributed by atoms with van der Waals surface area (Å²) in [7, 11) is 0. The van der Waals surface area contributed by atoms with Gasteiger partial charge in [-0.05, 0) is 43.5 Å². The summed E-state index contributed by atoms with van der Waals surface area (Å²) < 4.78 is 38.0. The van der Waals surface area contributed by atoms with Crippen LogP contribution >= 0.6 is 0 Å². The Morgan fingerprint density at radius 1 is 1.17 bits per heavy atom. The molecule has 1 saturated heterocycles. The van der Waals surface area contributed by atoms with Gasteiger partial charge in [0.2, 0.25) is 5.95 Å². The third kappa shape index (κ3) is 3.93. The second kappa shape index (κ2) is 6.62. The lowest BCUT2D eigenvalue weighted by Crippen LogP contribution is -2.19. The first kappa shape index (κ1) is 16.5. The first-order valence-electron chi connectivity index (χ1n) is 7.78. The van der Waals surface area contributed by atoms with E-state index in [2.05, 4.69) is 25.2 Å². The van der Waals surface area contributed by atoms with Gasteiger partial charge in [0.25, 0.3) is 0 Å². The van der Waals surface area contributed by atoms with Gasteiger partial charge >= 0.3 is 6.18 Å². The van der Waals surface area contributed by atoms with E-state index >= 15 is 0 Å². The summed E-state index contributed by atoms with van der Waals surface area (Å²) >= 11 is 0. The van der Waals surface area contributed by atoms with Crippen LogP contribution in [0.4, 0.5) is 24.9 Å². The molecule has 3 heterocycles. The van der Waals surface area contributed by atoms with Gasteiger partial charge in [-0.25, -0.2) is 15.0 Å². The van der Waals surface area contributed by atoms with Crippen LogP contribution in [0.15, 0.2) is 24.4 Å². The Hall–Kier alpha value is -2.38. The Morgan fingerprint density at radius 3 is 2.62 bits per heavy atom. The lowest BCUT2D eigenvalue weighted by molar-refractivity contribution is -0.141. The second-order valence-electron chi connectivity index (χ2n) is 5.79. The van der Waals surface area contributed by atoms with Crippen LogP contribution in [0, 0.1) is 6.92 Å². The number of nitrogens with zero attached hydrogens (tertiary/aromatic N) is 4. The second-order valence-corrected chi connectivity index (χ2v) is 5.79. The maximum atomic E-state index is 12.7. The zero-order chi connectivity index (χ0) is 17.2. The monoisotopic (exact) mass is 337 g/mol.